The van der Waals surface area contributed by atoms with Crippen molar-refractivity contribution in [3.63, 3.8) is 0 Å². The molecule has 10 heteroatoms. The molecule has 0 saturated carbocycles. The fourth-order valence-electron chi connectivity index (χ4n) is 2.15. The molecule has 0 aliphatic rings. The van der Waals surface area contributed by atoms with Crippen LogP contribution in [0.5, 0.6) is 0 Å². The van der Waals surface area contributed by atoms with Crippen LogP contribution < -0.4 is 5.32 Å². The lowest BCUT2D eigenvalue weighted by Gasteiger charge is -2.09. The zero-order valence-corrected chi connectivity index (χ0v) is 13.1. The summed E-state index contributed by atoms with van der Waals surface area (Å²) in [5.41, 5.74) is -0.482. The van der Waals surface area contributed by atoms with Crippen LogP contribution in [0.25, 0.3) is 11.5 Å². The minimum absolute atomic E-state index is 0.102. The Kier molecular flexibility index (Phi) is 4.57. The van der Waals surface area contributed by atoms with Crippen LogP contribution in [0, 0.1) is 21.7 Å². The minimum atomic E-state index is -0.790. The van der Waals surface area contributed by atoms with E-state index < -0.39 is 22.2 Å². The van der Waals surface area contributed by atoms with E-state index in [0.717, 1.165) is 6.07 Å². The molecule has 25 heavy (non-hydrogen) atoms. The molecule has 2 aromatic heterocycles. The first-order chi connectivity index (χ1) is 12.0. The van der Waals surface area contributed by atoms with Gasteiger partial charge in [0, 0.05) is 18.2 Å². The molecule has 0 unspecified atom stereocenters. The molecule has 0 aliphatic carbocycles. The number of benzene rings is 1. The second-order valence-corrected chi connectivity index (χ2v) is 5.20. The minimum Gasteiger partial charge on any atom is -0.462 e. The Balaban J connectivity index is 1.99. The second kappa shape index (κ2) is 6.81. The molecule has 1 aromatic carbocycles. The number of nitrogens with one attached hydrogen (secondary N) is 1. The molecule has 0 spiro atoms. The Morgan fingerprint density at radius 1 is 1.28 bits per heavy atom. The van der Waals surface area contributed by atoms with Crippen molar-refractivity contribution in [3.05, 3.63) is 69.2 Å². The standard InChI is InChI=1S/C15H9ClF2N4O3/c16-15-20-12(11-2-1-5-25-11)13(22(23)24)14(21-15)19-7-8-3-4-9(17)6-10(8)18/h1-6H,7H2,(H,19,20,21). The van der Waals surface area contributed by atoms with Crippen molar-refractivity contribution in [1.29, 1.82) is 0 Å². The van der Waals surface area contributed by atoms with E-state index in [1.165, 1.54) is 24.5 Å². The van der Waals surface area contributed by atoms with Crippen LogP contribution in [0.1, 0.15) is 5.56 Å². The first-order valence-corrected chi connectivity index (χ1v) is 7.27. The number of hydrogen-bond donors (Lipinski definition) is 1. The summed E-state index contributed by atoms with van der Waals surface area (Å²) in [6.07, 6.45) is 1.33. The molecule has 0 amide bonds. The summed E-state index contributed by atoms with van der Waals surface area (Å²) in [6, 6.07) is 6.04. The Morgan fingerprint density at radius 2 is 2.08 bits per heavy atom. The smallest absolute Gasteiger partial charge is 0.340 e. The van der Waals surface area contributed by atoms with E-state index >= 15 is 0 Å². The number of halogens is 3. The van der Waals surface area contributed by atoms with E-state index in [1.54, 1.807) is 0 Å². The van der Waals surface area contributed by atoms with Crippen molar-refractivity contribution in [3.8, 4) is 11.5 Å². The summed E-state index contributed by atoms with van der Waals surface area (Å²) >= 11 is 5.83. The maximum Gasteiger partial charge on any atom is 0.340 e. The Labute approximate surface area is 144 Å². The summed E-state index contributed by atoms with van der Waals surface area (Å²) in [5.74, 6) is -1.59. The molecule has 3 rings (SSSR count). The highest BCUT2D eigenvalue weighted by atomic mass is 35.5. The average molecular weight is 367 g/mol. The van der Waals surface area contributed by atoms with E-state index in [9.17, 15) is 18.9 Å². The summed E-state index contributed by atoms with van der Waals surface area (Å²) in [4.78, 5) is 18.4. The molecule has 0 fully saturated rings. The van der Waals surface area contributed by atoms with Crippen LogP contribution in [-0.2, 0) is 6.54 Å². The normalized spacial score (nSPS) is 10.7. The molecule has 0 aliphatic heterocycles. The maximum atomic E-state index is 13.7. The second-order valence-electron chi connectivity index (χ2n) is 4.86. The number of nitro groups is 1. The van der Waals surface area contributed by atoms with Gasteiger partial charge in [0.25, 0.3) is 0 Å². The lowest BCUT2D eigenvalue weighted by atomic mass is 10.2. The number of aromatic nitrogens is 2. The van der Waals surface area contributed by atoms with E-state index in [4.69, 9.17) is 16.0 Å². The van der Waals surface area contributed by atoms with Crippen LogP contribution >= 0.6 is 11.6 Å². The van der Waals surface area contributed by atoms with E-state index in [-0.39, 0.29) is 34.7 Å². The predicted molar refractivity (Wildman–Crippen MR) is 85.1 cm³/mol. The molecule has 0 saturated heterocycles. The third-order valence-electron chi connectivity index (χ3n) is 3.26. The van der Waals surface area contributed by atoms with Gasteiger partial charge in [0.1, 0.15) is 11.6 Å². The molecular formula is C15H9ClF2N4O3. The van der Waals surface area contributed by atoms with Gasteiger partial charge in [0.15, 0.2) is 11.5 Å². The molecule has 3 aromatic rings. The van der Waals surface area contributed by atoms with Crippen LogP contribution in [0.4, 0.5) is 20.3 Å². The molecule has 1 N–H and O–H groups in total. The number of rotatable bonds is 5. The van der Waals surface area contributed by atoms with Gasteiger partial charge in [-0.3, -0.25) is 10.1 Å². The predicted octanol–water partition coefficient (Wildman–Crippen LogP) is 4.19. The zero-order chi connectivity index (χ0) is 18.0. The fourth-order valence-corrected chi connectivity index (χ4v) is 2.32. The van der Waals surface area contributed by atoms with Gasteiger partial charge in [0.2, 0.25) is 11.1 Å². The van der Waals surface area contributed by atoms with Crippen molar-refractivity contribution < 1.29 is 18.1 Å². The molecule has 7 nitrogen and oxygen atoms in total. The lowest BCUT2D eigenvalue weighted by Crippen LogP contribution is -2.08. The molecular weight excluding hydrogens is 358 g/mol. The first kappa shape index (κ1) is 16.8. The number of anilines is 1. The molecule has 0 bridgehead atoms. The number of furan rings is 1. The van der Waals surface area contributed by atoms with Gasteiger partial charge in [0.05, 0.1) is 11.2 Å². The summed E-state index contributed by atoms with van der Waals surface area (Å²) < 4.78 is 31.8. The van der Waals surface area contributed by atoms with Crippen LogP contribution in [0.3, 0.4) is 0 Å². The first-order valence-electron chi connectivity index (χ1n) is 6.89. The SMILES string of the molecule is O=[N+]([O-])c1c(NCc2ccc(F)cc2F)nc(Cl)nc1-c1ccco1. The highest BCUT2D eigenvalue weighted by molar-refractivity contribution is 6.28. The van der Waals surface area contributed by atoms with Crippen LogP contribution in [-0.4, -0.2) is 14.9 Å². The monoisotopic (exact) mass is 366 g/mol. The Morgan fingerprint density at radius 3 is 2.72 bits per heavy atom. The summed E-state index contributed by atoms with van der Waals surface area (Å²) in [7, 11) is 0. The van der Waals surface area contributed by atoms with Crippen molar-refractivity contribution in [2.45, 2.75) is 6.54 Å². The van der Waals surface area contributed by atoms with Crippen molar-refractivity contribution in [1.82, 2.24) is 9.97 Å². The van der Waals surface area contributed by atoms with Crippen molar-refractivity contribution >= 4 is 23.1 Å². The summed E-state index contributed by atoms with van der Waals surface area (Å²) in [5, 5.41) is 13.8. The molecule has 0 atom stereocenters. The van der Waals surface area contributed by atoms with Gasteiger partial charge >= 0.3 is 5.69 Å². The zero-order valence-electron chi connectivity index (χ0n) is 12.4. The van der Waals surface area contributed by atoms with Gasteiger partial charge in [-0.2, -0.15) is 4.98 Å². The highest BCUT2D eigenvalue weighted by Crippen LogP contribution is 2.35. The van der Waals surface area contributed by atoms with Crippen molar-refractivity contribution in [2.24, 2.45) is 0 Å². The van der Waals surface area contributed by atoms with Crippen LogP contribution in [0.15, 0.2) is 41.0 Å². The molecule has 0 radical (unpaired) electrons. The van der Waals surface area contributed by atoms with E-state index in [0.29, 0.717) is 6.07 Å². The van der Waals surface area contributed by atoms with E-state index in [1.807, 2.05) is 0 Å². The fraction of sp³-hybridized carbons (Fsp3) is 0.0667. The third kappa shape index (κ3) is 3.56. The lowest BCUT2D eigenvalue weighted by molar-refractivity contribution is -0.383. The highest BCUT2D eigenvalue weighted by Gasteiger charge is 2.27. The van der Waals surface area contributed by atoms with Gasteiger partial charge in [-0.25, -0.2) is 13.8 Å². The Bertz CT molecular complexity index is 935. The summed E-state index contributed by atoms with van der Waals surface area (Å²) in [6.45, 7) is -0.169. The Hall–Kier alpha value is -3.07. The molecule has 128 valence electrons. The maximum absolute atomic E-state index is 13.7. The van der Waals surface area contributed by atoms with Gasteiger partial charge in [-0.05, 0) is 29.8 Å². The topological polar surface area (TPSA) is 94.1 Å². The van der Waals surface area contributed by atoms with Gasteiger partial charge in [-0.15, -0.1) is 0 Å². The quantitative estimate of drug-likeness (QED) is 0.413. The molecule has 2 heterocycles. The van der Waals surface area contributed by atoms with Gasteiger partial charge in [-0.1, -0.05) is 6.07 Å². The third-order valence-corrected chi connectivity index (χ3v) is 3.42. The van der Waals surface area contributed by atoms with E-state index in [2.05, 4.69) is 15.3 Å². The average Bonchev–Trinajstić information content (AvgIpc) is 3.07. The number of hydrogen-bond acceptors (Lipinski definition) is 6. The number of nitrogens with zero attached hydrogens (tertiary/aromatic N) is 3. The largest absolute Gasteiger partial charge is 0.462 e. The van der Waals surface area contributed by atoms with Gasteiger partial charge < -0.3 is 9.73 Å². The van der Waals surface area contributed by atoms with Crippen molar-refractivity contribution in [2.75, 3.05) is 5.32 Å². The van der Waals surface area contributed by atoms with Crippen LogP contribution in [0.2, 0.25) is 5.28 Å².